The van der Waals surface area contributed by atoms with Gasteiger partial charge in [-0.2, -0.15) is 0 Å². The highest BCUT2D eigenvalue weighted by Crippen LogP contribution is 2.40. The van der Waals surface area contributed by atoms with Crippen LogP contribution in [0.5, 0.6) is 5.75 Å². The maximum atomic E-state index is 12.5. The van der Waals surface area contributed by atoms with Gasteiger partial charge < -0.3 is 15.8 Å². The molecule has 5 heteroatoms. The van der Waals surface area contributed by atoms with Gasteiger partial charge in [0.15, 0.2) is 0 Å². The molecular formula is C23H23ClN2O2. The molecule has 1 heterocycles. The third kappa shape index (κ3) is 3.15. The molecule has 0 aliphatic rings. The van der Waals surface area contributed by atoms with Gasteiger partial charge in [0.1, 0.15) is 5.75 Å². The summed E-state index contributed by atoms with van der Waals surface area (Å²) in [6, 6.07) is 17.3. The van der Waals surface area contributed by atoms with E-state index in [4.69, 9.17) is 5.73 Å². The topological polar surface area (TPSA) is 79.1 Å². The lowest BCUT2D eigenvalue weighted by atomic mass is 9.92. The Labute approximate surface area is 169 Å². The summed E-state index contributed by atoms with van der Waals surface area (Å²) in [5, 5.41) is 13.1. The number of aromatic nitrogens is 1. The number of hydrogen-bond donors (Lipinski definition) is 3. The van der Waals surface area contributed by atoms with Crippen molar-refractivity contribution in [3.05, 3.63) is 76.1 Å². The number of rotatable bonds is 3. The summed E-state index contributed by atoms with van der Waals surface area (Å²) in [6.45, 7) is 4.57. The second kappa shape index (κ2) is 7.66. The van der Waals surface area contributed by atoms with Crippen molar-refractivity contribution in [2.24, 2.45) is 5.73 Å². The highest BCUT2D eigenvalue weighted by molar-refractivity contribution is 6.14. The number of H-pyrrole nitrogens is 1. The molecule has 0 saturated heterocycles. The molecule has 144 valence electrons. The van der Waals surface area contributed by atoms with E-state index in [1.54, 1.807) is 6.07 Å². The van der Waals surface area contributed by atoms with Crippen molar-refractivity contribution >= 4 is 34.1 Å². The fraction of sp³-hybridized carbons (Fsp3) is 0.174. The molecule has 4 rings (SSSR count). The maximum absolute atomic E-state index is 12.5. The van der Waals surface area contributed by atoms with Gasteiger partial charge in [-0.1, -0.05) is 49.4 Å². The van der Waals surface area contributed by atoms with Crippen molar-refractivity contribution < 1.29 is 5.11 Å². The minimum absolute atomic E-state index is 0. The average molecular weight is 395 g/mol. The minimum Gasteiger partial charge on any atom is -0.507 e. The standard InChI is InChI=1S/C23H22N2O2.ClH/c1-13-11-19(26)20(16-9-7-15(8-10-16)14(2)12-24)21-17-5-3-4-6-18(17)23(27)25-22(13)21;/h3-11,14,26H,12,24H2,1-2H3,(H,25,27);1H/t14-;/m0./s1. The third-order valence-corrected chi connectivity index (χ3v) is 5.31. The number of benzene rings is 3. The van der Waals surface area contributed by atoms with E-state index >= 15 is 0 Å². The fourth-order valence-corrected chi connectivity index (χ4v) is 3.72. The highest BCUT2D eigenvalue weighted by atomic mass is 35.5. The van der Waals surface area contributed by atoms with E-state index in [1.807, 2.05) is 55.5 Å². The molecule has 0 aliphatic heterocycles. The van der Waals surface area contributed by atoms with E-state index in [1.165, 1.54) is 0 Å². The Morgan fingerprint density at radius 2 is 1.71 bits per heavy atom. The Bertz CT molecular complexity index is 1210. The molecule has 4 nitrogen and oxygen atoms in total. The molecule has 0 bridgehead atoms. The molecule has 0 aliphatic carbocycles. The third-order valence-electron chi connectivity index (χ3n) is 5.31. The van der Waals surface area contributed by atoms with Crippen LogP contribution in [0.15, 0.2) is 59.4 Å². The number of phenols is 1. The Balaban J connectivity index is 0.00000225. The summed E-state index contributed by atoms with van der Waals surface area (Å²) < 4.78 is 0. The zero-order chi connectivity index (χ0) is 19.1. The first-order chi connectivity index (χ1) is 13.0. The van der Waals surface area contributed by atoms with Gasteiger partial charge >= 0.3 is 0 Å². The first-order valence-corrected chi connectivity index (χ1v) is 9.09. The summed E-state index contributed by atoms with van der Waals surface area (Å²) in [6.07, 6.45) is 0. The van der Waals surface area contributed by atoms with E-state index < -0.39 is 0 Å². The first-order valence-electron chi connectivity index (χ1n) is 9.09. The molecule has 0 fully saturated rings. The molecule has 4 aromatic rings. The molecule has 1 aromatic heterocycles. The van der Waals surface area contributed by atoms with Crippen molar-refractivity contribution in [2.45, 2.75) is 19.8 Å². The first kappa shape index (κ1) is 19.9. The van der Waals surface area contributed by atoms with Crippen LogP contribution in [0.3, 0.4) is 0 Å². The number of phenolic OH excluding ortho intramolecular Hbond substituents is 1. The smallest absolute Gasteiger partial charge is 0.256 e. The van der Waals surface area contributed by atoms with Crippen molar-refractivity contribution in [1.82, 2.24) is 4.98 Å². The lowest BCUT2D eigenvalue weighted by Gasteiger charge is -2.15. The fourth-order valence-electron chi connectivity index (χ4n) is 3.72. The van der Waals surface area contributed by atoms with Crippen LogP contribution >= 0.6 is 12.4 Å². The number of pyridine rings is 1. The van der Waals surface area contributed by atoms with Crippen LogP contribution < -0.4 is 11.3 Å². The van der Waals surface area contributed by atoms with Crippen molar-refractivity contribution in [3.8, 4) is 16.9 Å². The SMILES string of the molecule is Cc1cc(O)c(-c2ccc([C@@H](C)CN)cc2)c2c1[nH]c(=O)c1ccccc12.Cl. The Hall–Kier alpha value is -2.82. The van der Waals surface area contributed by atoms with Crippen molar-refractivity contribution in [2.75, 3.05) is 6.54 Å². The zero-order valence-corrected chi connectivity index (χ0v) is 16.6. The van der Waals surface area contributed by atoms with E-state index in [-0.39, 0.29) is 29.6 Å². The van der Waals surface area contributed by atoms with Gasteiger partial charge in [0.05, 0.1) is 5.52 Å². The van der Waals surface area contributed by atoms with Gasteiger partial charge in [0, 0.05) is 16.3 Å². The number of hydrogen-bond acceptors (Lipinski definition) is 3. The summed E-state index contributed by atoms with van der Waals surface area (Å²) in [5.74, 6) is 0.483. The number of aromatic hydroxyl groups is 1. The summed E-state index contributed by atoms with van der Waals surface area (Å²) >= 11 is 0. The lowest BCUT2D eigenvalue weighted by Crippen LogP contribution is -2.08. The molecular weight excluding hydrogens is 372 g/mol. The molecule has 28 heavy (non-hydrogen) atoms. The molecule has 0 saturated carbocycles. The average Bonchev–Trinajstić information content (AvgIpc) is 2.69. The Morgan fingerprint density at radius 1 is 1.07 bits per heavy atom. The predicted molar refractivity (Wildman–Crippen MR) is 119 cm³/mol. The monoisotopic (exact) mass is 394 g/mol. The van der Waals surface area contributed by atoms with Gasteiger partial charge in [0.25, 0.3) is 5.56 Å². The summed E-state index contributed by atoms with van der Waals surface area (Å²) in [5.41, 5.74) is 10.0. The quantitative estimate of drug-likeness (QED) is 0.435. The van der Waals surface area contributed by atoms with Crippen LogP contribution in [0.4, 0.5) is 0 Å². The molecule has 3 aromatic carbocycles. The van der Waals surface area contributed by atoms with Gasteiger partial charge in [-0.05, 0) is 53.6 Å². The van der Waals surface area contributed by atoms with Crippen molar-refractivity contribution in [3.63, 3.8) is 0 Å². The second-order valence-electron chi connectivity index (χ2n) is 7.10. The molecule has 4 N–H and O–H groups in total. The van der Waals surface area contributed by atoms with Crippen LogP contribution in [0.25, 0.3) is 32.8 Å². The maximum Gasteiger partial charge on any atom is 0.256 e. The molecule has 0 amide bonds. The summed E-state index contributed by atoms with van der Waals surface area (Å²) in [4.78, 5) is 15.5. The van der Waals surface area contributed by atoms with Crippen molar-refractivity contribution in [1.29, 1.82) is 0 Å². The largest absolute Gasteiger partial charge is 0.507 e. The summed E-state index contributed by atoms with van der Waals surface area (Å²) in [7, 11) is 0. The number of nitrogens with two attached hydrogens (primary N) is 1. The van der Waals surface area contributed by atoms with Crippen LogP contribution in [0, 0.1) is 6.92 Å². The number of aryl methyl sites for hydroxylation is 1. The van der Waals surface area contributed by atoms with Gasteiger partial charge in [0.2, 0.25) is 0 Å². The highest BCUT2D eigenvalue weighted by Gasteiger charge is 2.17. The molecule has 0 radical (unpaired) electrons. The minimum atomic E-state index is -0.120. The molecule has 1 atom stereocenters. The number of nitrogens with one attached hydrogen (secondary N) is 1. The molecule has 0 spiro atoms. The zero-order valence-electron chi connectivity index (χ0n) is 15.8. The lowest BCUT2D eigenvalue weighted by molar-refractivity contribution is 0.477. The van der Waals surface area contributed by atoms with E-state index in [0.717, 1.165) is 38.5 Å². The van der Waals surface area contributed by atoms with Gasteiger partial charge in [-0.25, -0.2) is 0 Å². The second-order valence-corrected chi connectivity index (χ2v) is 7.10. The number of aromatic amines is 1. The Kier molecular flexibility index (Phi) is 5.45. The van der Waals surface area contributed by atoms with E-state index in [2.05, 4.69) is 11.9 Å². The van der Waals surface area contributed by atoms with Gasteiger partial charge in [-0.15, -0.1) is 12.4 Å². The van der Waals surface area contributed by atoms with E-state index in [9.17, 15) is 9.90 Å². The van der Waals surface area contributed by atoms with Crippen LogP contribution in [-0.4, -0.2) is 16.6 Å². The number of halogens is 1. The van der Waals surface area contributed by atoms with E-state index in [0.29, 0.717) is 11.9 Å². The Morgan fingerprint density at radius 3 is 2.36 bits per heavy atom. The van der Waals surface area contributed by atoms with Crippen LogP contribution in [0.1, 0.15) is 24.0 Å². The van der Waals surface area contributed by atoms with Gasteiger partial charge in [-0.3, -0.25) is 4.79 Å². The number of fused-ring (bicyclic) bond motifs is 3. The van der Waals surface area contributed by atoms with Crippen LogP contribution in [-0.2, 0) is 0 Å². The predicted octanol–water partition coefficient (Wildman–Crippen LogP) is 4.85. The molecule has 0 unspecified atom stereocenters. The van der Waals surface area contributed by atoms with Crippen LogP contribution in [0.2, 0.25) is 0 Å². The normalized spacial score (nSPS) is 12.1.